The van der Waals surface area contributed by atoms with Gasteiger partial charge in [-0.05, 0) is 146 Å². The molecule has 0 aromatic heterocycles. The number of rotatable bonds is 6. The summed E-state index contributed by atoms with van der Waals surface area (Å²) in [4.78, 5) is 0. The Labute approximate surface area is 306 Å². The molecule has 12 heteroatoms. The number of phenols is 4. The second kappa shape index (κ2) is 13.6. The van der Waals surface area contributed by atoms with Gasteiger partial charge in [0.1, 0.15) is 23.0 Å². The summed E-state index contributed by atoms with van der Waals surface area (Å²) in [6.07, 6.45) is 0. The van der Waals surface area contributed by atoms with E-state index in [9.17, 15) is 20.4 Å². The van der Waals surface area contributed by atoms with Gasteiger partial charge in [0.2, 0.25) is 0 Å². The molecular formula is C32H18Br4Cl4O4. The minimum atomic E-state index is -0.402. The van der Waals surface area contributed by atoms with E-state index < -0.39 is 11.8 Å². The average molecular weight is 928 g/mol. The van der Waals surface area contributed by atoms with E-state index in [-0.39, 0.29) is 43.1 Å². The molecule has 226 valence electrons. The van der Waals surface area contributed by atoms with Crippen LogP contribution < -0.4 is 0 Å². The van der Waals surface area contributed by atoms with Crippen molar-refractivity contribution in [3.8, 4) is 23.0 Å². The summed E-state index contributed by atoms with van der Waals surface area (Å²) >= 11 is 39.1. The van der Waals surface area contributed by atoms with Crippen LogP contribution >= 0.6 is 110 Å². The molecule has 0 atom stereocenters. The minimum Gasteiger partial charge on any atom is -0.505 e. The summed E-state index contributed by atoms with van der Waals surface area (Å²) in [6, 6.07) is 21.7. The maximum Gasteiger partial charge on any atom is 0.148 e. The minimum absolute atomic E-state index is 0.0743. The topological polar surface area (TPSA) is 80.9 Å². The van der Waals surface area contributed by atoms with Gasteiger partial charge in [-0.15, -0.1) is 0 Å². The number of hydrogen-bond donors (Lipinski definition) is 4. The highest BCUT2D eigenvalue weighted by Crippen LogP contribution is 2.46. The Kier molecular flexibility index (Phi) is 10.4. The molecule has 0 bridgehead atoms. The van der Waals surface area contributed by atoms with Crippen molar-refractivity contribution in [2.45, 2.75) is 11.8 Å². The van der Waals surface area contributed by atoms with Gasteiger partial charge in [-0.2, -0.15) is 0 Å². The van der Waals surface area contributed by atoms with Crippen LogP contribution in [0.3, 0.4) is 0 Å². The summed E-state index contributed by atoms with van der Waals surface area (Å²) in [6.45, 7) is 0. The Hall–Kier alpha value is -1.62. The lowest BCUT2D eigenvalue weighted by molar-refractivity contribution is 0.471. The van der Waals surface area contributed by atoms with Gasteiger partial charge in [0, 0.05) is 11.8 Å². The molecule has 0 aliphatic carbocycles. The van der Waals surface area contributed by atoms with Crippen molar-refractivity contribution in [3.63, 3.8) is 0 Å². The highest BCUT2D eigenvalue weighted by atomic mass is 79.9. The summed E-state index contributed by atoms with van der Waals surface area (Å²) in [7, 11) is 0. The molecule has 0 unspecified atom stereocenters. The summed E-state index contributed by atoms with van der Waals surface area (Å²) < 4.78 is 1.70. The van der Waals surface area contributed by atoms with E-state index >= 15 is 0 Å². The predicted molar refractivity (Wildman–Crippen MR) is 192 cm³/mol. The molecule has 5 aromatic carbocycles. The van der Waals surface area contributed by atoms with E-state index in [4.69, 9.17) is 46.4 Å². The number of halogens is 8. The van der Waals surface area contributed by atoms with Crippen molar-refractivity contribution in [1.29, 1.82) is 0 Å². The zero-order valence-electron chi connectivity index (χ0n) is 21.9. The molecule has 0 spiro atoms. The lowest BCUT2D eigenvalue weighted by atomic mass is 9.81. The van der Waals surface area contributed by atoms with Crippen molar-refractivity contribution < 1.29 is 20.4 Å². The third-order valence-corrected chi connectivity index (χ3v) is 10.7. The van der Waals surface area contributed by atoms with Crippen LogP contribution in [0.5, 0.6) is 23.0 Å². The van der Waals surface area contributed by atoms with Crippen LogP contribution in [-0.4, -0.2) is 20.4 Å². The largest absolute Gasteiger partial charge is 0.505 e. The van der Waals surface area contributed by atoms with Crippen molar-refractivity contribution in [1.82, 2.24) is 0 Å². The van der Waals surface area contributed by atoms with Crippen LogP contribution in [0.1, 0.15) is 45.2 Å². The molecule has 0 aliphatic rings. The predicted octanol–water partition coefficient (Wildman–Crippen LogP) is 12.5. The van der Waals surface area contributed by atoms with Gasteiger partial charge in [0.15, 0.2) is 0 Å². The SMILES string of the molecule is Oc1c(Cl)cc(C(c2ccc(C(c3cc(Cl)c(O)c(Br)c3)c3cc(Cl)c(O)c(Br)c3)cc2)c2cc(Cl)c(O)c(Br)c2)cc1Br. The number of benzene rings is 5. The van der Waals surface area contributed by atoms with E-state index in [1.54, 1.807) is 48.5 Å². The van der Waals surface area contributed by atoms with Crippen molar-refractivity contribution in [2.24, 2.45) is 0 Å². The van der Waals surface area contributed by atoms with E-state index in [1.165, 1.54) is 0 Å². The first-order chi connectivity index (χ1) is 20.8. The van der Waals surface area contributed by atoms with E-state index in [0.29, 0.717) is 17.9 Å². The lowest BCUT2D eigenvalue weighted by Crippen LogP contribution is -2.07. The number of aromatic hydroxyl groups is 4. The molecule has 44 heavy (non-hydrogen) atoms. The fourth-order valence-electron chi connectivity index (χ4n) is 5.04. The fraction of sp³-hybridized carbons (Fsp3) is 0.0625. The average Bonchev–Trinajstić information content (AvgIpc) is 2.97. The normalized spacial score (nSPS) is 11.5. The van der Waals surface area contributed by atoms with Gasteiger partial charge < -0.3 is 20.4 Å². The maximum absolute atomic E-state index is 10.3. The molecule has 4 N–H and O–H groups in total. The molecule has 0 aliphatic heterocycles. The first-order valence-electron chi connectivity index (χ1n) is 12.6. The summed E-state index contributed by atoms with van der Waals surface area (Å²) in [5, 5.41) is 41.9. The fourth-order valence-corrected chi connectivity index (χ4v) is 8.32. The molecule has 0 fully saturated rings. The van der Waals surface area contributed by atoms with Crippen molar-refractivity contribution in [2.75, 3.05) is 0 Å². The van der Waals surface area contributed by atoms with Gasteiger partial charge in [0.25, 0.3) is 0 Å². The van der Waals surface area contributed by atoms with Crippen LogP contribution in [0.2, 0.25) is 20.1 Å². The third kappa shape index (κ3) is 6.74. The summed E-state index contributed by atoms with van der Waals surface area (Å²) in [5.41, 5.74) is 4.79. The van der Waals surface area contributed by atoms with Crippen molar-refractivity contribution >= 4 is 110 Å². The van der Waals surface area contributed by atoms with Gasteiger partial charge in [-0.3, -0.25) is 0 Å². The number of phenolic OH excluding ortho intramolecular Hbond substituents is 4. The van der Waals surface area contributed by atoms with Crippen LogP contribution in [0.15, 0.2) is 90.7 Å². The first kappa shape index (κ1) is 33.7. The smallest absolute Gasteiger partial charge is 0.148 e. The molecule has 5 aromatic rings. The second-order valence-electron chi connectivity index (χ2n) is 9.87. The van der Waals surface area contributed by atoms with Gasteiger partial charge in [0.05, 0.1) is 38.0 Å². The molecule has 0 amide bonds. The Balaban J connectivity index is 1.70. The Morgan fingerprint density at radius 1 is 0.364 bits per heavy atom. The third-order valence-electron chi connectivity index (χ3n) is 7.09. The monoisotopic (exact) mass is 922 g/mol. The van der Waals surface area contributed by atoms with Gasteiger partial charge in [-0.25, -0.2) is 0 Å². The molecule has 0 radical (unpaired) electrons. The van der Waals surface area contributed by atoms with Crippen LogP contribution in [0.25, 0.3) is 0 Å². The Morgan fingerprint density at radius 3 is 0.750 bits per heavy atom. The van der Waals surface area contributed by atoms with Gasteiger partial charge in [-0.1, -0.05) is 70.7 Å². The van der Waals surface area contributed by atoms with Crippen LogP contribution in [0.4, 0.5) is 0 Å². The quantitative estimate of drug-likeness (QED) is 0.128. The Bertz CT molecular complexity index is 1570. The number of hydrogen-bond acceptors (Lipinski definition) is 4. The zero-order valence-corrected chi connectivity index (χ0v) is 31.3. The zero-order chi connectivity index (χ0) is 32.0. The highest BCUT2D eigenvalue weighted by molar-refractivity contribution is 9.11. The van der Waals surface area contributed by atoms with Crippen LogP contribution in [0, 0.1) is 0 Å². The standard InChI is InChI=1S/C32H18Br4Cl4O4/c33-19-5-15(9-23(37)29(19)41)27(16-6-20(34)30(42)24(38)10-16)13-1-2-14(4-3-13)28(17-7-21(35)31(43)25(39)11-17)18-8-22(36)32(44)26(40)12-18/h1-12,27-28,41-44H. The molecule has 0 saturated carbocycles. The summed E-state index contributed by atoms with van der Waals surface area (Å²) in [5.74, 6) is -1.10. The van der Waals surface area contributed by atoms with E-state index in [1.807, 2.05) is 24.3 Å². The Morgan fingerprint density at radius 2 is 0.568 bits per heavy atom. The second-order valence-corrected chi connectivity index (χ2v) is 14.9. The molecule has 0 saturated heterocycles. The highest BCUT2D eigenvalue weighted by Gasteiger charge is 2.25. The van der Waals surface area contributed by atoms with E-state index in [2.05, 4.69) is 63.7 Å². The molecule has 4 nitrogen and oxygen atoms in total. The van der Waals surface area contributed by atoms with Crippen LogP contribution in [-0.2, 0) is 0 Å². The van der Waals surface area contributed by atoms with Crippen molar-refractivity contribution in [3.05, 3.63) is 144 Å². The maximum atomic E-state index is 10.3. The molecular weight excluding hydrogens is 910 g/mol. The molecule has 5 rings (SSSR count). The van der Waals surface area contributed by atoms with E-state index in [0.717, 1.165) is 33.4 Å². The first-order valence-corrected chi connectivity index (χ1v) is 17.3. The molecule has 0 heterocycles. The lowest BCUT2D eigenvalue weighted by Gasteiger charge is -2.24. The van der Waals surface area contributed by atoms with Gasteiger partial charge >= 0.3 is 0 Å².